The van der Waals surface area contributed by atoms with Crippen molar-refractivity contribution < 1.29 is 17.2 Å². The molecule has 0 N–H and O–H groups in total. The highest BCUT2D eigenvalue weighted by Crippen LogP contribution is 2.39. The van der Waals surface area contributed by atoms with E-state index in [4.69, 9.17) is 16.6 Å². The quantitative estimate of drug-likeness (QED) is 0.255. The highest BCUT2D eigenvalue weighted by Gasteiger charge is 2.30. The molecule has 2 heterocycles. The molecule has 3 aromatic rings. The summed E-state index contributed by atoms with van der Waals surface area (Å²) in [6.07, 6.45) is 6.11. The van der Waals surface area contributed by atoms with Crippen LogP contribution in [0.1, 0.15) is 57.1 Å². The van der Waals surface area contributed by atoms with Crippen molar-refractivity contribution in [2.75, 3.05) is 13.1 Å². The van der Waals surface area contributed by atoms with Gasteiger partial charge in [-0.2, -0.15) is 4.31 Å². The molecule has 0 bridgehead atoms. The lowest BCUT2D eigenvalue weighted by Crippen LogP contribution is -2.39. The van der Waals surface area contributed by atoms with Crippen molar-refractivity contribution in [3.63, 3.8) is 0 Å². The van der Waals surface area contributed by atoms with Crippen LogP contribution in [0.3, 0.4) is 0 Å². The molecule has 1 aromatic heterocycles. The predicted octanol–water partition coefficient (Wildman–Crippen LogP) is 6.80. The van der Waals surface area contributed by atoms with E-state index in [-0.39, 0.29) is 27.3 Å². The second-order valence-corrected chi connectivity index (χ2v) is 12.8. The van der Waals surface area contributed by atoms with Crippen LogP contribution in [0, 0.1) is 17.6 Å². The number of thioether (sulfide) groups is 1. The van der Waals surface area contributed by atoms with Gasteiger partial charge in [0.1, 0.15) is 11.6 Å². The Hall–Kier alpha value is -1.68. The van der Waals surface area contributed by atoms with Crippen LogP contribution in [-0.4, -0.2) is 35.4 Å². The van der Waals surface area contributed by atoms with E-state index in [9.17, 15) is 17.2 Å². The van der Waals surface area contributed by atoms with E-state index >= 15 is 0 Å². The van der Waals surface area contributed by atoms with Crippen LogP contribution in [-0.2, 0) is 15.8 Å². The molecule has 5 nitrogen and oxygen atoms in total. The van der Waals surface area contributed by atoms with Crippen molar-refractivity contribution in [2.45, 2.75) is 67.3 Å². The standard InChI is InChI=1S/C25H28ClF2N3O2S2/c1-16-5-4-12-30(14-16)35(32,33)18-8-11-23-22(13-18)29-25(31(23)17-6-2-3-7-17)34-15-19-20(27)9-10-21(28)24(19)26/h8-11,13,16-17H,2-7,12,14-15H2,1H3/t16-/m0/s1. The summed E-state index contributed by atoms with van der Waals surface area (Å²) in [6.45, 7) is 3.13. The Morgan fingerprint density at radius 3 is 2.57 bits per heavy atom. The Morgan fingerprint density at radius 1 is 1.09 bits per heavy atom. The third-order valence-corrected chi connectivity index (χ3v) is 10.3. The van der Waals surface area contributed by atoms with Crippen LogP contribution in [0.5, 0.6) is 0 Å². The number of benzene rings is 2. The van der Waals surface area contributed by atoms with Crippen molar-refractivity contribution in [1.29, 1.82) is 0 Å². The smallest absolute Gasteiger partial charge is 0.243 e. The predicted molar refractivity (Wildman–Crippen MR) is 135 cm³/mol. The summed E-state index contributed by atoms with van der Waals surface area (Å²) in [5.41, 5.74) is 1.55. The Morgan fingerprint density at radius 2 is 1.83 bits per heavy atom. The van der Waals surface area contributed by atoms with Gasteiger partial charge in [0, 0.05) is 30.4 Å². The van der Waals surface area contributed by atoms with E-state index in [1.54, 1.807) is 16.4 Å². The maximum absolute atomic E-state index is 14.4. The number of fused-ring (bicyclic) bond motifs is 1. The fourth-order valence-corrected chi connectivity index (χ4v) is 8.21. The van der Waals surface area contributed by atoms with Gasteiger partial charge in [-0.25, -0.2) is 22.2 Å². The average Bonchev–Trinajstić information content (AvgIpc) is 3.48. The molecule has 0 amide bonds. The number of piperidine rings is 1. The lowest BCUT2D eigenvalue weighted by molar-refractivity contribution is 0.281. The lowest BCUT2D eigenvalue weighted by atomic mass is 10.0. The summed E-state index contributed by atoms with van der Waals surface area (Å²) in [6, 6.07) is 7.48. The van der Waals surface area contributed by atoms with Crippen molar-refractivity contribution in [2.24, 2.45) is 5.92 Å². The summed E-state index contributed by atoms with van der Waals surface area (Å²) in [5.74, 6) is -0.761. The fraction of sp³-hybridized carbons (Fsp3) is 0.480. The van der Waals surface area contributed by atoms with Gasteiger partial charge in [0.2, 0.25) is 10.0 Å². The van der Waals surface area contributed by atoms with Gasteiger partial charge < -0.3 is 4.57 Å². The first-order valence-electron chi connectivity index (χ1n) is 12.0. The van der Waals surface area contributed by atoms with Crippen LogP contribution in [0.2, 0.25) is 5.02 Å². The lowest BCUT2D eigenvalue weighted by Gasteiger charge is -2.30. The third-order valence-electron chi connectivity index (χ3n) is 7.06. The highest BCUT2D eigenvalue weighted by atomic mass is 35.5. The minimum atomic E-state index is -3.61. The first-order valence-corrected chi connectivity index (χ1v) is 14.8. The number of rotatable bonds is 6. The zero-order chi connectivity index (χ0) is 24.7. The summed E-state index contributed by atoms with van der Waals surface area (Å²) < 4.78 is 58.7. The van der Waals surface area contributed by atoms with E-state index in [1.165, 1.54) is 11.8 Å². The highest BCUT2D eigenvalue weighted by molar-refractivity contribution is 7.98. The largest absolute Gasteiger partial charge is 0.316 e. The molecule has 1 aliphatic heterocycles. The SMILES string of the molecule is C[C@H]1CCCN(S(=O)(=O)c2ccc3c(c2)nc(SCc2c(F)ccc(F)c2Cl)n3C2CCCC2)C1. The molecule has 0 unspecified atom stereocenters. The molecule has 35 heavy (non-hydrogen) atoms. The number of hydrogen-bond donors (Lipinski definition) is 0. The number of nitrogens with zero attached hydrogens (tertiary/aromatic N) is 3. The van der Waals surface area contributed by atoms with Crippen molar-refractivity contribution in [3.8, 4) is 0 Å². The summed E-state index contributed by atoms with van der Waals surface area (Å²) in [7, 11) is -3.61. The molecule has 2 aromatic carbocycles. The monoisotopic (exact) mass is 539 g/mol. The molecule has 2 fully saturated rings. The van der Waals surface area contributed by atoms with Crippen LogP contribution in [0.4, 0.5) is 8.78 Å². The van der Waals surface area contributed by atoms with Crippen molar-refractivity contribution in [3.05, 3.63) is 52.6 Å². The van der Waals surface area contributed by atoms with E-state index in [0.29, 0.717) is 29.7 Å². The van der Waals surface area contributed by atoms with Gasteiger partial charge >= 0.3 is 0 Å². The van der Waals surface area contributed by atoms with E-state index in [2.05, 4.69) is 11.5 Å². The molecule has 2 aliphatic rings. The van der Waals surface area contributed by atoms with Gasteiger partial charge in [0.25, 0.3) is 0 Å². The summed E-state index contributed by atoms with van der Waals surface area (Å²) >= 11 is 7.33. The number of halogens is 3. The molecule has 1 aliphatic carbocycles. The summed E-state index contributed by atoms with van der Waals surface area (Å²) in [5, 5.41) is 0.443. The first kappa shape index (κ1) is 25.0. The molecular weight excluding hydrogens is 512 g/mol. The van der Waals surface area contributed by atoms with Crippen molar-refractivity contribution in [1.82, 2.24) is 13.9 Å². The maximum Gasteiger partial charge on any atom is 0.243 e. The zero-order valence-electron chi connectivity index (χ0n) is 19.5. The zero-order valence-corrected chi connectivity index (χ0v) is 21.9. The first-order chi connectivity index (χ1) is 16.8. The van der Waals surface area contributed by atoms with Gasteiger partial charge in [0.05, 0.1) is 21.0 Å². The molecule has 1 saturated heterocycles. The van der Waals surface area contributed by atoms with Crippen LogP contribution in [0.25, 0.3) is 11.0 Å². The number of sulfonamides is 1. The average molecular weight is 540 g/mol. The Balaban J connectivity index is 1.51. The number of hydrogen-bond acceptors (Lipinski definition) is 4. The topological polar surface area (TPSA) is 55.2 Å². The number of imidazole rings is 1. The van der Waals surface area contributed by atoms with E-state index in [1.807, 2.05) is 6.07 Å². The van der Waals surface area contributed by atoms with Crippen LogP contribution >= 0.6 is 23.4 Å². The molecule has 1 saturated carbocycles. The molecular formula is C25H28ClF2N3O2S2. The van der Waals surface area contributed by atoms with E-state index in [0.717, 1.165) is 56.2 Å². The minimum Gasteiger partial charge on any atom is -0.316 e. The Labute approximate surface area is 213 Å². The second-order valence-electron chi connectivity index (χ2n) is 9.57. The third kappa shape index (κ3) is 4.84. The Kier molecular flexibility index (Phi) is 7.14. The van der Waals surface area contributed by atoms with Gasteiger partial charge in [0.15, 0.2) is 5.16 Å². The molecule has 5 rings (SSSR count). The minimum absolute atomic E-state index is 0.101. The second kappa shape index (κ2) is 10.00. The normalized spacial score (nSPS) is 20.2. The molecule has 0 spiro atoms. The van der Waals surface area contributed by atoms with Crippen molar-refractivity contribution >= 4 is 44.4 Å². The Bertz CT molecular complexity index is 1360. The fourth-order valence-electron chi connectivity index (χ4n) is 5.19. The number of aromatic nitrogens is 2. The van der Waals surface area contributed by atoms with Gasteiger partial charge in [-0.3, -0.25) is 0 Å². The molecule has 188 valence electrons. The molecule has 1 atom stereocenters. The van der Waals surface area contributed by atoms with Crippen LogP contribution in [0.15, 0.2) is 40.4 Å². The van der Waals surface area contributed by atoms with E-state index < -0.39 is 21.7 Å². The van der Waals surface area contributed by atoms with Crippen LogP contribution < -0.4 is 0 Å². The van der Waals surface area contributed by atoms with Gasteiger partial charge in [-0.05, 0) is 61.9 Å². The summed E-state index contributed by atoms with van der Waals surface area (Å²) in [4.78, 5) is 5.01. The molecule has 10 heteroatoms. The molecule has 0 radical (unpaired) electrons. The van der Waals surface area contributed by atoms with Gasteiger partial charge in [-0.15, -0.1) is 0 Å². The maximum atomic E-state index is 14.4. The van der Waals surface area contributed by atoms with Gasteiger partial charge in [-0.1, -0.05) is 43.1 Å².